The van der Waals surface area contributed by atoms with E-state index in [1.165, 1.54) is 12.0 Å². The number of carbonyl (C=O) groups is 2. The third-order valence-electron chi connectivity index (χ3n) is 4.87. The number of carbonyl (C=O) groups excluding carboxylic acids is 1. The van der Waals surface area contributed by atoms with Crippen molar-refractivity contribution in [2.45, 2.75) is 64.8 Å². The number of allylic oxidation sites excluding steroid dienone is 2. The van der Waals surface area contributed by atoms with Crippen LogP contribution in [0.15, 0.2) is 11.1 Å². The molecule has 0 unspecified atom stereocenters. The Labute approximate surface area is 120 Å². The summed E-state index contributed by atoms with van der Waals surface area (Å²) in [5, 5.41) is 12.4. The average Bonchev–Trinajstić information content (AvgIpc) is 2.42. The molecule has 1 fully saturated rings. The molecule has 0 aromatic rings. The fraction of sp³-hybridized carbons (Fsp3) is 0.750. The molecule has 4 nitrogen and oxygen atoms in total. The van der Waals surface area contributed by atoms with Gasteiger partial charge in [-0.1, -0.05) is 30.4 Å². The molecule has 20 heavy (non-hydrogen) atoms. The third kappa shape index (κ3) is 3.41. The topological polar surface area (TPSA) is 66.4 Å². The van der Waals surface area contributed by atoms with Crippen molar-refractivity contribution >= 4 is 11.9 Å². The van der Waals surface area contributed by atoms with Gasteiger partial charge in [-0.05, 0) is 39.5 Å². The predicted molar refractivity (Wildman–Crippen MR) is 77.2 cm³/mol. The highest BCUT2D eigenvalue weighted by atomic mass is 16.4. The van der Waals surface area contributed by atoms with Crippen molar-refractivity contribution in [3.05, 3.63) is 11.1 Å². The van der Waals surface area contributed by atoms with Crippen LogP contribution in [0.1, 0.15) is 58.8 Å². The molecule has 0 bridgehead atoms. The second kappa shape index (κ2) is 6.42. The molecule has 2 rings (SSSR count). The summed E-state index contributed by atoms with van der Waals surface area (Å²) in [5.74, 6) is -1.88. The Morgan fingerprint density at radius 1 is 1.00 bits per heavy atom. The van der Waals surface area contributed by atoms with Gasteiger partial charge >= 0.3 is 5.97 Å². The lowest BCUT2D eigenvalue weighted by Gasteiger charge is -2.31. The van der Waals surface area contributed by atoms with E-state index in [1.54, 1.807) is 0 Å². The first kappa shape index (κ1) is 15.1. The van der Waals surface area contributed by atoms with E-state index in [9.17, 15) is 14.7 Å². The zero-order valence-electron chi connectivity index (χ0n) is 12.4. The van der Waals surface area contributed by atoms with Crippen LogP contribution in [-0.4, -0.2) is 23.0 Å². The molecule has 2 aliphatic rings. The van der Waals surface area contributed by atoms with Crippen molar-refractivity contribution in [2.24, 2.45) is 11.8 Å². The van der Waals surface area contributed by atoms with E-state index in [4.69, 9.17) is 0 Å². The minimum Gasteiger partial charge on any atom is -0.481 e. The Morgan fingerprint density at radius 2 is 1.55 bits per heavy atom. The van der Waals surface area contributed by atoms with Crippen molar-refractivity contribution < 1.29 is 14.7 Å². The van der Waals surface area contributed by atoms with Gasteiger partial charge in [0.2, 0.25) is 5.91 Å². The van der Waals surface area contributed by atoms with E-state index in [0.717, 1.165) is 31.3 Å². The number of nitrogens with one attached hydrogen (secondary N) is 1. The van der Waals surface area contributed by atoms with Gasteiger partial charge < -0.3 is 10.4 Å². The Balaban J connectivity index is 2.04. The van der Waals surface area contributed by atoms with E-state index in [2.05, 4.69) is 5.32 Å². The molecule has 2 atom stereocenters. The maximum atomic E-state index is 12.4. The highest BCUT2D eigenvalue weighted by Gasteiger charge is 2.37. The zero-order chi connectivity index (χ0) is 14.7. The van der Waals surface area contributed by atoms with Gasteiger partial charge in [0.15, 0.2) is 0 Å². The quantitative estimate of drug-likeness (QED) is 0.781. The molecule has 0 aromatic carbocycles. The van der Waals surface area contributed by atoms with E-state index < -0.39 is 17.8 Å². The lowest BCUT2D eigenvalue weighted by Crippen LogP contribution is -2.44. The van der Waals surface area contributed by atoms with Gasteiger partial charge in [0.05, 0.1) is 11.8 Å². The van der Waals surface area contributed by atoms with Gasteiger partial charge in [0.25, 0.3) is 0 Å². The van der Waals surface area contributed by atoms with Crippen LogP contribution in [0, 0.1) is 11.8 Å². The maximum Gasteiger partial charge on any atom is 0.307 e. The summed E-state index contributed by atoms with van der Waals surface area (Å²) in [6.45, 7) is 3.98. The monoisotopic (exact) mass is 279 g/mol. The number of amides is 1. The number of hydrogen-bond donors (Lipinski definition) is 2. The predicted octanol–water partition coefficient (Wildman–Crippen LogP) is 2.88. The summed E-state index contributed by atoms with van der Waals surface area (Å²) in [6.07, 6.45) is 6.72. The van der Waals surface area contributed by atoms with Crippen LogP contribution in [0.3, 0.4) is 0 Å². The van der Waals surface area contributed by atoms with Crippen LogP contribution in [0.4, 0.5) is 0 Å². The summed E-state index contributed by atoms with van der Waals surface area (Å²) in [5.41, 5.74) is 2.30. The summed E-state index contributed by atoms with van der Waals surface area (Å²) in [6, 6.07) is 0.248. The highest BCUT2D eigenvalue weighted by Crippen LogP contribution is 2.34. The molecular weight excluding hydrogens is 254 g/mol. The zero-order valence-corrected chi connectivity index (χ0v) is 12.4. The van der Waals surface area contributed by atoms with Crippen LogP contribution in [0.5, 0.6) is 0 Å². The molecular formula is C16H25NO3. The van der Waals surface area contributed by atoms with Crippen LogP contribution in [-0.2, 0) is 9.59 Å². The van der Waals surface area contributed by atoms with Gasteiger partial charge in [-0.3, -0.25) is 9.59 Å². The number of aliphatic carboxylic acids is 1. The lowest BCUT2D eigenvalue weighted by molar-refractivity contribution is -0.147. The fourth-order valence-corrected chi connectivity index (χ4v) is 3.38. The summed E-state index contributed by atoms with van der Waals surface area (Å²) >= 11 is 0. The van der Waals surface area contributed by atoms with Crippen molar-refractivity contribution in [3.8, 4) is 0 Å². The molecule has 2 N–H and O–H groups in total. The minimum absolute atomic E-state index is 0.0591. The second-order valence-corrected chi connectivity index (χ2v) is 6.36. The molecule has 4 heteroatoms. The summed E-state index contributed by atoms with van der Waals surface area (Å²) < 4.78 is 0. The van der Waals surface area contributed by atoms with Crippen LogP contribution in [0.2, 0.25) is 0 Å². The first-order valence-corrected chi connectivity index (χ1v) is 7.67. The maximum absolute atomic E-state index is 12.4. The number of rotatable bonds is 3. The molecule has 112 valence electrons. The summed E-state index contributed by atoms with van der Waals surface area (Å²) in [7, 11) is 0. The van der Waals surface area contributed by atoms with Gasteiger partial charge in [-0.25, -0.2) is 0 Å². The Hall–Kier alpha value is -1.32. The SMILES string of the molecule is CC1=C(C)C[C@@H](C(=O)NC2CCCCC2)[C@@H](C(=O)O)C1. The van der Waals surface area contributed by atoms with E-state index >= 15 is 0 Å². The Morgan fingerprint density at radius 3 is 2.10 bits per heavy atom. The molecule has 1 amide bonds. The molecule has 0 aromatic heterocycles. The molecule has 0 heterocycles. The van der Waals surface area contributed by atoms with E-state index in [0.29, 0.717) is 12.8 Å². The molecule has 0 radical (unpaired) electrons. The van der Waals surface area contributed by atoms with Crippen LogP contribution in [0.25, 0.3) is 0 Å². The van der Waals surface area contributed by atoms with Crippen molar-refractivity contribution in [2.75, 3.05) is 0 Å². The van der Waals surface area contributed by atoms with Crippen LogP contribution >= 0.6 is 0 Å². The highest BCUT2D eigenvalue weighted by molar-refractivity contribution is 5.85. The first-order chi connectivity index (χ1) is 9.49. The second-order valence-electron chi connectivity index (χ2n) is 6.36. The van der Waals surface area contributed by atoms with Gasteiger partial charge in [-0.2, -0.15) is 0 Å². The molecule has 0 saturated heterocycles. The first-order valence-electron chi connectivity index (χ1n) is 7.67. The minimum atomic E-state index is -0.847. The molecule has 2 aliphatic carbocycles. The van der Waals surface area contributed by atoms with Crippen molar-refractivity contribution in [3.63, 3.8) is 0 Å². The number of carboxylic acids is 1. The van der Waals surface area contributed by atoms with E-state index in [1.807, 2.05) is 13.8 Å². The fourth-order valence-electron chi connectivity index (χ4n) is 3.38. The van der Waals surface area contributed by atoms with Gasteiger partial charge in [-0.15, -0.1) is 0 Å². The van der Waals surface area contributed by atoms with Crippen molar-refractivity contribution in [1.82, 2.24) is 5.32 Å². The van der Waals surface area contributed by atoms with Gasteiger partial charge in [0.1, 0.15) is 0 Å². The Bertz CT molecular complexity index is 421. The largest absolute Gasteiger partial charge is 0.481 e. The molecule has 1 saturated carbocycles. The summed E-state index contributed by atoms with van der Waals surface area (Å²) in [4.78, 5) is 23.8. The smallest absolute Gasteiger partial charge is 0.307 e. The van der Waals surface area contributed by atoms with Crippen LogP contribution < -0.4 is 5.32 Å². The molecule has 0 spiro atoms. The Kier molecular flexibility index (Phi) is 4.84. The average molecular weight is 279 g/mol. The standard InChI is InChI=1S/C16H25NO3/c1-10-8-13(14(16(19)20)9-11(10)2)15(18)17-12-6-4-3-5-7-12/h12-14H,3-9H2,1-2H3,(H,17,18)(H,19,20)/t13-,14+/m1/s1. The normalized spacial score (nSPS) is 28.3. The lowest BCUT2D eigenvalue weighted by atomic mass is 9.76. The number of hydrogen-bond acceptors (Lipinski definition) is 2. The van der Waals surface area contributed by atoms with Gasteiger partial charge in [0, 0.05) is 6.04 Å². The van der Waals surface area contributed by atoms with Crippen molar-refractivity contribution in [1.29, 1.82) is 0 Å². The van der Waals surface area contributed by atoms with E-state index in [-0.39, 0.29) is 11.9 Å². The molecule has 0 aliphatic heterocycles. The number of carboxylic acid groups (broad SMARTS) is 1. The third-order valence-corrected chi connectivity index (χ3v) is 4.87.